The van der Waals surface area contributed by atoms with E-state index in [1.807, 2.05) is 6.07 Å². The van der Waals surface area contributed by atoms with Gasteiger partial charge in [-0.05, 0) is 29.8 Å². The van der Waals surface area contributed by atoms with Crippen LogP contribution in [0.5, 0.6) is 5.75 Å². The summed E-state index contributed by atoms with van der Waals surface area (Å²) in [6.45, 7) is 0. The maximum Gasteiger partial charge on any atom is 0.297 e. The molecule has 5 rings (SSSR count). The normalized spacial score (nSPS) is 15.7. The molecule has 0 bridgehead atoms. The van der Waals surface area contributed by atoms with Crippen LogP contribution in [-0.4, -0.2) is 18.0 Å². The highest BCUT2D eigenvalue weighted by Crippen LogP contribution is 2.42. The molecule has 0 N–H and O–H groups in total. The van der Waals surface area contributed by atoms with Crippen LogP contribution >= 0.6 is 22.9 Å². The zero-order valence-corrected chi connectivity index (χ0v) is 16.7. The second-order valence-corrected chi connectivity index (χ2v) is 7.79. The van der Waals surface area contributed by atoms with E-state index in [4.69, 9.17) is 20.8 Å². The number of methoxy groups -OCH3 is 1. The van der Waals surface area contributed by atoms with Crippen molar-refractivity contribution in [3.8, 4) is 5.75 Å². The number of ether oxygens (including phenoxy) is 1. The summed E-state index contributed by atoms with van der Waals surface area (Å²) in [4.78, 5) is 32.5. The summed E-state index contributed by atoms with van der Waals surface area (Å²) in [5.74, 6) is 0.131. The smallest absolute Gasteiger partial charge is 0.297 e. The summed E-state index contributed by atoms with van der Waals surface area (Å²) in [6.07, 6.45) is 1.61. The Morgan fingerprint density at radius 2 is 2.07 bits per heavy atom. The Morgan fingerprint density at radius 3 is 2.79 bits per heavy atom. The average molecular weight is 425 g/mol. The number of anilines is 1. The topological polar surface area (TPSA) is 72.6 Å². The fourth-order valence-corrected chi connectivity index (χ4v) is 4.47. The third kappa shape index (κ3) is 2.73. The van der Waals surface area contributed by atoms with Crippen molar-refractivity contribution >= 4 is 44.9 Å². The predicted molar refractivity (Wildman–Crippen MR) is 111 cm³/mol. The number of nitrogens with zero attached hydrogens (tertiary/aromatic N) is 2. The zero-order chi connectivity index (χ0) is 20.1. The molecule has 29 heavy (non-hydrogen) atoms. The number of rotatable bonds is 3. The van der Waals surface area contributed by atoms with Gasteiger partial charge < -0.3 is 9.15 Å². The minimum absolute atomic E-state index is 0.0101. The summed E-state index contributed by atoms with van der Waals surface area (Å²) in [5, 5.41) is 3.15. The van der Waals surface area contributed by atoms with E-state index in [-0.39, 0.29) is 16.8 Å². The third-order valence-corrected chi connectivity index (χ3v) is 5.87. The molecule has 0 saturated heterocycles. The van der Waals surface area contributed by atoms with Gasteiger partial charge in [-0.15, -0.1) is 11.3 Å². The first kappa shape index (κ1) is 17.9. The van der Waals surface area contributed by atoms with Crippen LogP contribution in [0.4, 0.5) is 5.13 Å². The van der Waals surface area contributed by atoms with Gasteiger partial charge >= 0.3 is 0 Å². The average Bonchev–Trinajstić information content (AvgIpc) is 3.34. The number of carbonyl (C=O) groups is 1. The number of benzene rings is 2. The van der Waals surface area contributed by atoms with Gasteiger partial charge in [0.05, 0.1) is 24.1 Å². The molecule has 0 saturated carbocycles. The molecule has 8 heteroatoms. The molecule has 1 amide bonds. The summed E-state index contributed by atoms with van der Waals surface area (Å²) in [7, 11) is 1.52. The van der Waals surface area contributed by atoms with E-state index in [1.54, 1.807) is 48.0 Å². The highest BCUT2D eigenvalue weighted by Gasteiger charge is 2.44. The molecule has 1 aliphatic heterocycles. The lowest BCUT2D eigenvalue weighted by Crippen LogP contribution is -2.29. The molecule has 6 nitrogen and oxygen atoms in total. The van der Waals surface area contributed by atoms with Crippen LogP contribution in [-0.2, 0) is 0 Å². The van der Waals surface area contributed by atoms with Gasteiger partial charge in [0.25, 0.3) is 5.91 Å². The molecular formula is C21H13ClN2O4S. The van der Waals surface area contributed by atoms with Crippen molar-refractivity contribution in [2.24, 2.45) is 0 Å². The number of thiazole rings is 1. The van der Waals surface area contributed by atoms with E-state index in [1.165, 1.54) is 23.3 Å². The van der Waals surface area contributed by atoms with Gasteiger partial charge in [-0.2, -0.15) is 0 Å². The largest absolute Gasteiger partial charge is 0.497 e. The van der Waals surface area contributed by atoms with Gasteiger partial charge in [0.2, 0.25) is 5.76 Å². The molecule has 3 heterocycles. The van der Waals surface area contributed by atoms with Gasteiger partial charge in [0.1, 0.15) is 11.3 Å². The second kappa shape index (κ2) is 6.72. The van der Waals surface area contributed by atoms with Crippen molar-refractivity contribution in [3.05, 3.63) is 86.2 Å². The first-order chi connectivity index (χ1) is 14.1. The lowest BCUT2D eigenvalue weighted by Gasteiger charge is -2.22. The Hall–Kier alpha value is -3.16. The quantitative estimate of drug-likeness (QED) is 0.478. The van der Waals surface area contributed by atoms with Crippen molar-refractivity contribution in [1.29, 1.82) is 0 Å². The van der Waals surface area contributed by atoms with Crippen LogP contribution < -0.4 is 15.1 Å². The Kier molecular flexibility index (Phi) is 4.15. The summed E-state index contributed by atoms with van der Waals surface area (Å²) in [5.41, 5.74) is 1.03. The van der Waals surface area contributed by atoms with Crippen LogP contribution in [0.2, 0.25) is 5.02 Å². The van der Waals surface area contributed by atoms with E-state index in [0.717, 1.165) is 0 Å². The maximum absolute atomic E-state index is 13.4. The second-order valence-electron chi connectivity index (χ2n) is 6.48. The minimum Gasteiger partial charge on any atom is -0.497 e. The molecule has 1 atom stereocenters. The Morgan fingerprint density at radius 1 is 1.21 bits per heavy atom. The van der Waals surface area contributed by atoms with Crippen LogP contribution in [0.1, 0.15) is 27.7 Å². The number of halogens is 1. The Balaban J connectivity index is 1.82. The van der Waals surface area contributed by atoms with Crippen LogP contribution in [0.25, 0.3) is 11.0 Å². The number of aromatic nitrogens is 1. The van der Waals surface area contributed by atoms with E-state index >= 15 is 0 Å². The maximum atomic E-state index is 13.4. The Labute approximate surface area is 173 Å². The number of hydrogen-bond acceptors (Lipinski definition) is 6. The van der Waals surface area contributed by atoms with E-state index in [9.17, 15) is 9.59 Å². The summed E-state index contributed by atoms with van der Waals surface area (Å²) < 4.78 is 11.1. The molecular weight excluding hydrogens is 412 g/mol. The number of carbonyl (C=O) groups excluding carboxylic acids is 1. The lowest BCUT2D eigenvalue weighted by atomic mass is 9.99. The summed E-state index contributed by atoms with van der Waals surface area (Å²) in [6, 6.07) is 11.4. The molecule has 4 aromatic rings. The molecule has 1 aliphatic rings. The SMILES string of the molecule is COc1ccc2c(=O)c3c(oc2c1)C(=O)N(c1nccs1)C3c1cccc(Cl)c1. The Bertz CT molecular complexity index is 1320. The minimum atomic E-state index is -0.676. The van der Waals surface area contributed by atoms with E-state index < -0.39 is 11.9 Å². The molecule has 144 valence electrons. The fraction of sp³-hybridized carbons (Fsp3) is 0.0952. The lowest BCUT2D eigenvalue weighted by molar-refractivity contribution is 0.0971. The van der Waals surface area contributed by atoms with Crippen molar-refractivity contribution in [2.75, 3.05) is 12.0 Å². The molecule has 2 aromatic carbocycles. The summed E-state index contributed by atoms with van der Waals surface area (Å²) >= 11 is 7.51. The molecule has 0 radical (unpaired) electrons. The van der Waals surface area contributed by atoms with Gasteiger partial charge in [-0.1, -0.05) is 23.7 Å². The van der Waals surface area contributed by atoms with E-state index in [2.05, 4.69) is 4.98 Å². The molecule has 1 unspecified atom stereocenters. The number of fused-ring (bicyclic) bond motifs is 2. The highest BCUT2D eigenvalue weighted by atomic mass is 35.5. The van der Waals surface area contributed by atoms with Crippen molar-refractivity contribution < 1.29 is 13.9 Å². The van der Waals surface area contributed by atoms with Crippen molar-refractivity contribution in [3.63, 3.8) is 0 Å². The molecule has 0 aliphatic carbocycles. The van der Waals surface area contributed by atoms with Crippen LogP contribution in [0.3, 0.4) is 0 Å². The van der Waals surface area contributed by atoms with Crippen LogP contribution in [0, 0.1) is 0 Å². The molecule has 2 aromatic heterocycles. The standard InChI is InChI=1S/C21H13ClN2O4S/c1-27-13-5-6-14-15(10-13)28-19-16(18(14)25)17(11-3-2-4-12(22)9-11)24(20(19)26)21-23-7-8-29-21/h2-10,17H,1H3. The van der Waals surface area contributed by atoms with E-state index in [0.29, 0.717) is 32.4 Å². The van der Waals surface area contributed by atoms with Gasteiger partial charge in [0, 0.05) is 22.7 Å². The first-order valence-electron chi connectivity index (χ1n) is 8.71. The van der Waals surface area contributed by atoms with Gasteiger partial charge in [0.15, 0.2) is 10.6 Å². The highest BCUT2D eigenvalue weighted by molar-refractivity contribution is 7.13. The van der Waals surface area contributed by atoms with Crippen molar-refractivity contribution in [2.45, 2.75) is 6.04 Å². The van der Waals surface area contributed by atoms with Crippen molar-refractivity contribution in [1.82, 2.24) is 4.98 Å². The fourth-order valence-electron chi connectivity index (χ4n) is 3.60. The molecule has 0 spiro atoms. The number of amides is 1. The zero-order valence-electron chi connectivity index (χ0n) is 15.1. The first-order valence-corrected chi connectivity index (χ1v) is 9.97. The predicted octanol–water partition coefficient (Wildman–Crippen LogP) is 4.66. The van der Waals surface area contributed by atoms with Crippen LogP contribution in [0.15, 0.2) is 63.3 Å². The number of hydrogen-bond donors (Lipinski definition) is 0. The third-order valence-electron chi connectivity index (χ3n) is 4.87. The molecule has 0 fully saturated rings. The monoisotopic (exact) mass is 424 g/mol. The van der Waals surface area contributed by atoms with Gasteiger partial charge in [-0.25, -0.2) is 4.98 Å². The van der Waals surface area contributed by atoms with Gasteiger partial charge in [-0.3, -0.25) is 14.5 Å².